The second-order valence-corrected chi connectivity index (χ2v) is 3.91. The fourth-order valence-electron chi connectivity index (χ4n) is 2.33. The molecule has 3 rings (SSSR count). The number of aromatic amines is 1. The lowest BCUT2D eigenvalue weighted by Gasteiger charge is -2.06. The first-order chi connectivity index (χ1) is 7.83. The van der Waals surface area contributed by atoms with Crippen LogP contribution in [0.5, 0.6) is 5.75 Å². The molecule has 0 atom stereocenters. The van der Waals surface area contributed by atoms with Crippen LogP contribution in [0.3, 0.4) is 0 Å². The van der Waals surface area contributed by atoms with Crippen LogP contribution >= 0.6 is 0 Å². The maximum Gasteiger partial charge on any atom is 0.166 e. The van der Waals surface area contributed by atoms with E-state index in [1.165, 1.54) is 11.1 Å². The van der Waals surface area contributed by atoms with E-state index in [1.807, 2.05) is 18.2 Å². The van der Waals surface area contributed by atoms with Crippen LogP contribution in [0, 0.1) is 0 Å². The lowest BCUT2D eigenvalue weighted by Crippen LogP contribution is -1.90. The van der Waals surface area contributed by atoms with Crippen molar-refractivity contribution in [3.8, 4) is 17.0 Å². The lowest BCUT2D eigenvalue weighted by molar-refractivity contribution is 0.111. The Morgan fingerprint density at radius 2 is 2.31 bits per heavy atom. The molecule has 3 heteroatoms. The van der Waals surface area contributed by atoms with E-state index in [-0.39, 0.29) is 0 Å². The number of aldehydes is 1. The number of hydrogen-bond donors (Lipinski definition) is 1. The number of methoxy groups -OCH3 is 1. The van der Waals surface area contributed by atoms with Crippen LogP contribution in [0.4, 0.5) is 0 Å². The highest BCUT2D eigenvalue weighted by Gasteiger charge is 2.23. The fraction of sp³-hybridized carbons (Fsp3) is 0.154. The highest BCUT2D eigenvalue weighted by Crippen LogP contribution is 2.40. The van der Waals surface area contributed by atoms with Gasteiger partial charge in [0.2, 0.25) is 0 Å². The summed E-state index contributed by atoms with van der Waals surface area (Å²) in [6.45, 7) is 0. The summed E-state index contributed by atoms with van der Waals surface area (Å²) < 4.78 is 5.33. The third-order valence-corrected chi connectivity index (χ3v) is 3.04. The third kappa shape index (κ3) is 1.11. The molecule has 1 heterocycles. The molecule has 1 N–H and O–H groups in total. The van der Waals surface area contributed by atoms with Crippen molar-refractivity contribution in [2.24, 2.45) is 0 Å². The summed E-state index contributed by atoms with van der Waals surface area (Å²) >= 11 is 0. The maximum absolute atomic E-state index is 10.7. The first-order valence-electron chi connectivity index (χ1n) is 5.17. The Labute approximate surface area is 93.1 Å². The lowest BCUT2D eigenvalue weighted by atomic mass is 10.1. The van der Waals surface area contributed by atoms with Gasteiger partial charge in [-0.25, -0.2) is 0 Å². The molecule has 1 aromatic heterocycles. The summed E-state index contributed by atoms with van der Waals surface area (Å²) in [4.78, 5) is 13.8. The van der Waals surface area contributed by atoms with E-state index in [0.29, 0.717) is 5.69 Å². The molecule has 0 aliphatic heterocycles. The first kappa shape index (κ1) is 9.21. The van der Waals surface area contributed by atoms with Crippen LogP contribution < -0.4 is 4.74 Å². The number of ether oxygens (including phenoxy) is 1. The van der Waals surface area contributed by atoms with Crippen LogP contribution in [0.25, 0.3) is 11.3 Å². The zero-order chi connectivity index (χ0) is 11.1. The van der Waals surface area contributed by atoms with Crippen molar-refractivity contribution in [1.82, 2.24) is 4.98 Å². The van der Waals surface area contributed by atoms with Crippen LogP contribution in [0.1, 0.15) is 21.6 Å². The number of H-pyrrole nitrogens is 1. The highest BCUT2D eigenvalue weighted by atomic mass is 16.5. The summed E-state index contributed by atoms with van der Waals surface area (Å²) in [5.41, 5.74) is 5.20. The van der Waals surface area contributed by atoms with Crippen molar-refractivity contribution in [1.29, 1.82) is 0 Å². The Hall–Kier alpha value is -2.03. The Balaban J connectivity index is 2.20. The SMILES string of the molecule is COc1cccc2c1Cc1cc(C=O)[nH]c1-2. The minimum Gasteiger partial charge on any atom is -0.496 e. The van der Waals surface area contributed by atoms with Crippen molar-refractivity contribution < 1.29 is 9.53 Å². The van der Waals surface area contributed by atoms with Crippen LogP contribution in [0.2, 0.25) is 0 Å². The monoisotopic (exact) mass is 213 g/mol. The standard InChI is InChI=1S/C13H11NO2/c1-16-12-4-2-3-10-11(12)6-8-5-9(7-15)14-13(8)10/h2-5,7,14H,6H2,1H3. The van der Waals surface area contributed by atoms with Gasteiger partial charge in [0.25, 0.3) is 0 Å². The van der Waals surface area contributed by atoms with Crippen LogP contribution in [-0.2, 0) is 6.42 Å². The molecular weight excluding hydrogens is 202 g/mol. The molecule has 1 aromatic carbocycles. The zero-order valence-electron chi connectivity index (χ0n) is 8.91. The average molecular weight is 213 g/mol. The molecule has 0 amide bonds. The van der Waals surface area contributed by atoms with E-state index in [4.69, 9.17) is 4.74 Å². The van der Waals surface area contributed by atoms with Crippen LogP contribution in [0.15, 0.2) is 24.3 Å². The van der Waals surface area contributed by atoms with Crippen molar-refractivity contribution in [2.75, 3.05) is 7.11 Å². The topological polar surface area (TPSA) is 42.1 Å². The number of carbonyl (C=O) groups excluding carboxylic acids is 1. The number of carbonyl (C=O) groups is 1. The van der Waals surface area contributed by atoms with Gasteiger partial charge in [0.1, 0.15) is 5.75 Å². The molecule has 0 fully saturated rings. The number of hydrogen-bond acceptors (Lipinski definition) is 2. The van der Waals surface area contributed by atoms with E-state index in [9.17, 15) is 4.79 Å². The second kappa shape index (κ2) is 3.23. The predicted octanol–water partition coefficient (Wildman–Crippen LogP) is 2.41. The highest BCUT2D eigenvalue weighted by molar-refractivity contribution is 5.82. The van der Waals surface area contributed by atoms with Crippen LogP contribution in [-0.4, -0.2) is 18.4 Å². The largest absolute Gasteiger partial charge is 0.496 e. The molecule has 0 spiro atoms. The number of fused-ring (bicyclic) bond motifs is 3. The zero-order valence-corrected chi connectivity index (χ0v) is 8.91. The van der Waals surface area contributed by atoms with Gasteiger partial charge in [-0.3, -0.25) is 4.79 Å². The number of nitrogens with one attached hydrogen (secondary N) is 1. The second-order valence-electron chi connectivity index (χ2n) is 3.91. The molecule has 2 aromatic rings. The smallest absolute Gasteiger partial charge is 0.166 e. The molecule has 3 nitrogen and oxygen atoms in total. The quantitative estimate of drug-likeness (QED) is 0.664. The Morgan fingerprint density at radius 3 is 3.06 bits per heavy atom. The van der Waals surface area contributed by atoms with Gasteiger partial charge in [-0.1, -0.05) is 12.1 Å². The summed E-state index contributed by atoms with van der Waals surface area (Å²) in [6.07, 6.45) is 1.68. The van der Waals surface area contributed by atoms with E-state index in [2.05, 4.69) is 11.1 Å². The first-order valence-corrected chi connectivity index (χ1v) is 5.17. The van der Waals surface area contributed by atoms with Gasteiger partial charge >= 0.3 is 0 Å². The summed E-state index contributed by atoms with van der Waals surface area (Å²) in [6, 6.07) is 7.89. The van der Waals surface area contributed by atoms with Gasteiger partial charge in [0, 0.05) is 23.2 Å². The molecule has 80 valence electrons. The van der Waals surface area contributed by atoms with Gasteiger partial charge in [-0.05, 0) is 17.7 Å². The molecule has 16 heavy (non-hydrogen) atoms. The molecule has 1 aliphatic carbocycles. The van der Waals surface area contributed by atoms with Crippen molar-refractivity contribution >= 4 is 6.29 Å². The number of aromatic nitrogens is 1. The maximum atomic E-state index is 10.7. The number of rotatable bonds is 2. The molecular formula is C13H11NO2. The van der Waals surface area contributed by atoms with Gasteiger partial charge in [0.15, 0.2) is 6.29 Å². The van der Waals surface area contributed by atoms with Crippen molar-refractivity contribution in [3.63, 3.8) is 0 Å². The fourth-order valence-corrected chi connectivity index (χ4v) is 2.33. The van der Waals surface area contributed by atoms with E-state index < -0.39 is 0 Å². The van der Waals surface area contributed by atoms with Gasteiger partial charge in [-0.15, -0.1) is 0 Å². The molecule has 1 aliphatic rings. The van der Waals surface area contributed by atoms with E-state index >= 15 is 0 Å². The predicted molar refractivity (Wildman–Crippen MR) is 61.0 cm³/mol. The van der Waals surface area contributed by atoms with Crippen molar-refractivity contribution in [3.05, 3.63) is 41.1 Å². The summed E-state index contributed by atoms with van der Waals surface area (Å²) in [5.74, 6) is 0.912. The third-order valence-electron chi connectivity index (χ3n) is 3.04. The van der Waals surface area contributed by atoms with Gasteiger partial charge in [0.05, 0.1) is 12.8 Å². The molecule has 0 saturated heterocycles. The average Bonchev–Trinajstić information content (AvgIpc) is 2.85. The minimum atomic E-state index is 0.637. The van der Waals surface area contributed by atoms with E-state index in [0.717, 1.165) is 29.7 Å². The Morgan fingerprint density at radius 1 is 1.44 bits per heavy atom. The molecule has 0 radical (unpaired) electrons. The van der Waals surface area contributed by atoms with Crippen molar-refractivity contribution in [2.45, 2.75) is 6.42 Å². The molecule has 0 saturated carbocycles. The Bertz CT molecular complexity index is 569. The summed E-state index contributed by atoms with van der Waals surface area (Å²) in [7, 11) is 1.68. The molecule has 0 bridgehead atoms. The van der Waals surface area contributed by atoms with Gasteiger partial charge < -0.3 is 9.72 Å². The normalized spacial score (nSPS) is 12.1. The minimum absolute atomic E-state index is 0.637. The van der Waals surface area contributed by atoms with Gasteiger partial charge in [-0.2, -0.15) is 0 Å². The summed E-state index contributed by atoms with van der Waals surface area (Å²) in [5, 5.41) is 0. The van der Waals surface area contributed by atoms with E-state index in [1.54, 1.807) is 7.11 Å². The Kier molecular flexibility index (Phi) is 1.86. The number of benzene rings is 1. The molecule has 0 unspecified atom stereocenters.